The molecule has 0 aliphatic heterocycles. The minimum Gasteiger partial charge on any atom is -0.494 e. The third-order valence-electron chi connectivity index (χ3n) is 1.83. The molecule has 0 aliphatic rings. The molecule has 1 heterocycles. The number of hydrogen-bond acceptors (Lipinski definition) is 5. The van der Waals surface area contributed by atoms with E-state index in [9.17, 15) is 17.2 Å². The third kappa shape index (κ3) is 2.95. The molecule has 0 atom stereocenters. The van der Waals surface area contributed by atoms with Crippen molar-refractivity contribution in [3.05, 3.63) is 11.6 Å². The van der Waals surface area contributed by atoms with Gasteiger partial charge in [0.05, 0.1) is 19.8 Å². The Bertz CT molecular complexity index is 521. The van der Waals surface area contributed by atoms with E-state index in [0.717, 1.165) is 20.3 Å². The molecule has 0 bridgehead atoms. The zero-order chi connectivity index (χ0) is 13.2. The van der Waals surface area contributed by atoms with Gasteiger partial charge in [-0.25, -0.2) is 17.2 Å². The molecule has 0 spiro atoms. The average Bonchev–Trinajstić information content (AvgIpc) is 2.25. The quantitative estimate of drug-likeness (QED) is 0.792. The molecule has 0 saturated carbocycles. The van der Waals surface area contributed by atoms with E-state index < -0.39 is 31.9 Å². The summed E-state index contributed by atoms with van der Waals surface area (Å²) >= 11 is 0. The number of alkyl halides is 2. The SMILES string of the molecule is COc1cc(C(F)F)c(OC)nc1S(=O)(=O)Cl. The van der Waals surface area contributed by atoms with Gasteiger partial charge in [-0.15, -0.1) is 0 Å². The number of rotatable bonds is 4. The zero-order valence-corrected chi connectivity index (χ0v) is 10.3. The van der Waals surface area contributed by atoms with Gasteiger partial charge in [-0.1, -0.05) is 0 Å². The summed E-state index contributed by atoms with van der Waals surface area (Å²) in [5.74, 6) is -0.879. The Morgan fingerprint density at radius 2 is 1.94 bits per heavy atom. The first kappa shape index (κ1) is 13.9. The molecule has 1 aromatic heterocycles. The van der Waals surface area contributed by atoms with Gasteiger partial charge >= 0.3 is 0 Å². The lowest BCUT2D eigenvalue weighted by Crippen LogP contribution is -2.05. The topological polar surface area (TPSA) is 65.5 Å². The molecule has 5 nitrogen and oxygen atoms in total. The number of ether oxygens (including phenoxy) is 2. The van der Waals surface area contributed by atoms with Gasteiger partial charge in [0, 0.05) is 10.7 Å². The maximum Gasteiger partial charge on any atom is 0.282 e. The van der Waals surface area contributed by atoms with Crippen LogP contribution in [0.25, 0.3) is 0 Å². The number of methoxy groups -OCH3 is 2. The fourth-order valence-electron chi connectivity index (χ4n) is 1.12. The molecule has 1 aromatic rings. The summed E-state index contributed by atoms with van der Waals surface area (Å²) in [5, 5.41) is -0.664. The first-order valence-corrected chi connectivity index (χ1v) is 6.48. The van der Waals surface area contributed by atoms with Crippen molar-refractivity contribution in [2.24, 2.45) is 0 Å². The first-order chi connectivity index (χ1) is 7.81. The van der Waals surface area contributed by atoms with Gasteiger partial charge < -0.3 is 9.47 Å². The number of halogens is 3. The summed E-state index contributed by atoms with van der Waals surface area (Å²) in [4.78, 5) is 3.41. The Morgan fingerprint density at radius 1 is 1.35 bits per heavy atom. The fraction of sp³-hybridized carbons (Fsp3) is 0.375. The van der Waals surface area contributed by atoms with Gasteiger partial charge in [-0.3, -0.25) is 0 Å². The summed E-state index contributed by atoms with van der Waals surface area (Å²) in [5.41, 5.74) is -0.576. The van der Waals surface area contributed by atoms with Crippen LogP contribution in [0.15, 0.2) is 11.1 Å². The van der Waals surface area contributed by atoms with Crippen LogP contribution in [0.5, 0.6) is 11.6 Å². The predicted molar refractivity (Wildman–Crippen MR) is 55.3 cm³/mol. The highest BCUT2D eigenvalue weighted by Gasteiger charge is 2.25. The van der Waals surface area contributed by atoms with Crippen LogP contribution in [0.3, 0.4) is 0 Å². The van der Waals surface area contributed by atoms with E-state index in [4.69, 9.17) is 10.7 Å². The van der Waals surface area contributed by atoms with E-state index in [0.29, 0.717) is 0 Å². The second kappa shape index (κ2) is 5.01. The molecule has 0 aliphatic carbocycles. The standard InChI is InChI=1S/C8H8ClF2NO4S/c1-15-5-3-4(6(10)11)7(16-2)12-8(5)17(9,13)14/h3,6H,1-2H3. The molecule has 17 heavy (non-hydrogen) atoms. The molecule has 0 fully saturated rings. The van der Waals surface area contributed by atoms with Gasteiger partial charge in [0.1, 0.15) is 0 Å². The van der Waals surface area contributed by atoms with E-state index in [1.807, 2.05) is 0 Å². The third-order valence-corrected chi connectivity index (χ3v) is 3.02. The Kier molecular flexibility index (Phi) is 4.10. The summed E-state index contributed by atoms with van der Waals surface area (Å²) in [6.07, 6.45) is -2.88. The second-order valence-electron chi connectivity index (χ2n) is 2.83. The van der Waals surface area contributed by atoms with Crippen LogP contribution in [0, 0.1) is 0 Å². The van der Waals surface area contributed by atoms with Gasteiger partial charge in [0.2, 0.25) is 10.9 Å². The number of nitrogens with zero attached hydrogens (tertiary/aromatic N) is 1. The van der Waals surface area contributed by atoms with Gasteiger partial charge in [0.15, 0.2) is 5.75 Å². The monoisotopic (exact) mass is 287 g/mol. The predicted octanol–water partition coefficient (Wildman–Crippen LogP) is 1.96. The molecule has 0 amide bonds. The number of aromatic nitrogens is 1. The van der Waals surface area contributed by atoms with Crippen molar-refractivity contribution in [3.8, 4) is 11.6 Å². The van der Waals surface area contributed by atoms with Crippen molar-refractivity contribution < 1.29 is 26.7 Å². The van der Waals surface area contributed by atoms with E-state index in [1.165, 1.54) is 0 Å². The maximum atomic E-state index is 12.6. The minimum absolute atomic E-state index is 0.365. The fourth-order valence-corrected chi connectivity index (χ4v) is 2.02. The first-order valence-electron chi connectivity index (χ1n) is 4.17. The molecular formula is C8H8ClF2NO4S. The lowest BCUT2D eigenvalue weighted by Gasteiger charge is -2.11. The Labute approximate surface area is 101 Å². The van der Waals surface area contributed by atoms with Gasteiger partial charge in [0.25, 0.3) is 15.5 Å². The molecule has 0 unspecified atom stereocenters. The lowest BCUT2D eigenvalue weighted by molar-refractivity contribution is 0.145. The number of hydrogen-bond donors (Lipinski definition) is 0. The minimum atomic E-state index is -4.21. The van der Waals surface area contributed by atoms with Crippen LogP contribution in [0.4, 0.5) is 8.78 Å². The molecule has 96 valence electrons. The van der Waals surface area contributed by atoms with Crippen molar-refractivity contribution in [2.45, 2.75) is 11.5 Å². The van der Waals surface area contributed by atoms with E-state index in [-0.39, 0.29) is 5.75 Å². The van der Waals surface area contributed by atoms with Crippen LogP contribution in [-0.2, 0) is 9.05 Å². The second-order valence-corrected chi connectivity index (χ2v) is 5.31. The normalized spacial score (nSPS) is 11.6. The maximum absolute atomic E-state index is 12.6. The van der Waals surface area contributed by atoms with E-state index >= 15 is 0 Å². The molecular weight excluding hydrogens is 280 g/mol. The van der Waals surface area contributed by atoms with Crippen LogP contribution in [0.2, 0.25) is 0 Å². The molecule has 1 rings (SSSR count). The van der Waals surface area contributed by atoms with Crippen molar-refractivity contribution in [1.29, 1.82) is 0 Å². The highest BCUT2D eigenvalue weighted by atomic mass is 35.7. The Balaban J connectivity index is 3.55. The Hall–Kier alpha value is -1.15. The summed E-state index contributed by atoms with van der Waals surface area (Å²) in [7, 11) is 3.08. The summed E-state index contributed by atoms with van der Waals surface area (Å²) in [6, 6.07) is 0.825. The molecule has 0 saturated heterocycles. The molecule has 0 radical (unpaired) electrons. The zero-order valence-electron chi connectivity index (χ0n) is 8.78. The molecule has 0 N–H and O–H groups in total. The van der Waals surface area contributed by atoms with Gasteiger partial charge in [-0.05, 0) is 6.07 Å². The van der Waals surface area contributed by atoms with Crippen LogP contribution in [-0.4, -0.2) is 27.6 Å². The van der Waals surface area contributed by atoms with Crippen molar-refractivity contribution in [2.75, 3.05) is 14.2 Å². The highest BCUT2D eigenvalue weighted by molar-refractivity contribution is 8.13. The smallest absolute Gasteiger partial charge is 0.282 e. The lowest BCUT2D eigenvalue weighted by atomic mass is 10.2. The van der Waals surface area contributed by atoms with Crippen molar-refractivity contribution in [3.63, 3.8) is 0 Å². The molecule has 0 aromatic carbocycles. The molecule has 9 heteroatoms. The number of pyridine rings is 1. The summed E-state index contributed by atoms with van der Waals surface area (Å²) < 4.78 is 56.7. The van der Waals surface area contributed by atoms with Crippen LogP contribution in [0.1, 0.15) is 12.0 Å². The average molecular weight is 288 g/mol. The largest absolute Gasteiger partial charge is 0.494 e. The van der Waals surface area contributed by atoms with Crippen molar-refractivity contribution >= 4 is 19.7 Å². The van der Waals surface area contributed by atoms with Crippen LogP contribution < -0.4 is 9.47 Å². The summed E-state index contributed by atoms with van der Waals surface area (Å²) in [6.45, 7) is 0. The van der Waals surface area contributed by atoms with Gasteiger partial charge in [-0.2, -0.15) is 4.98 Å². The van der Waals surface area contributed by atoms with Crippen molar-refractivity contribution in [1.82, 2.24) is 4.98 Å². The highest BCUT2D eigenvalue weighted by Crippen LogP contribution is 2.35. The van der Waals surface area contributed by atoms with E-state index in [1.54, 1.807) is 0 Å². The van der Waals surface area contributed by atoms with Crippen LogP contribution >= 0.6 is 10.7 Å². The van der Waals surface area contributed by atoms with E-state index in [2.05, 4.69) is 14.5 Å². The Morgan fingerprint density at radius 3 is 2.29 bits per heavy atom.